The summed E-state index contributed by atoms with van der Waals surface area (Å²) in [5, 5.41) is 17.5. The van der Waals surface area contributed by atoms with Gasteiger partial charge in [0.1, 0.15) is 0 Å². The molecule has 20 heavy (non-hydrogen) atoms. The van der Waals surface area contributed by atoms with E-state index in [1.807, 2.05) is 0 Å². The second-order valence-electron chi connectivity index (χ2n) is 4.09. The molecule has 2 rings (SSSR count). The molecule has 1 aromatic heterocycles. The lowest BCUT2D eigenvalue weighted by atomic mass is 10.4. The first-order valence-corrected chi connectivity index (χ1v) is 6.85. The van der Waals surface area contributed by atoms with Gasteiger partial charge < -0.3 is 15.2 Å². The molecule has 1 fully saturated rings. The zero-order valence-corrected chi connectivity index (χ0v) is 11.5. The van der Waals surface area contributed by atoms with Gasteiger partial charge in [0.25, 0.3) is 0 Å². The van der Waals surface area contributed by atoms with Crippen molar-refractivity contribution in [1.29, 1.82) is 0 Å². The van der Waals surface area contributed by atoms with Crippen LogP contribution in [0, 0.1) is 0 Å². The van der Waals surface area contributed by atoms with E-state index in [0.29, 0.717) is 19.8 Å². The fourth-order valence-corrected chi connectivity index (χ4v) is 2.27. The smallest absolute Gasteiger partial charge is 0.359 e. The number of amides is 2. The molecule has 0 aliphatic carbocycles. The molecule has 10 heteroatoms. The van der Waals surface area contributed by atoms with Crippen LogP contribution in [0.5, 0.6) is 0 Å². The van der Waals surface area contributed by atoms with Gasteiger partial charge in [0.05, 0.1) is 13.2 Å². The molecule has 2 amide bonds. The number of rotatable bonds is 5. The number of carbonyl (C=O) groups excluding carboxylic acids is 1. The number of nitrogens with one attached hydrogen (secondary N) is 2. The molecule has 0 atom stereocenters. The minimum Gasteiger partial charge on any atom is -0.476 e. The minimum absolute atomic E-state index is 0.126. The summed E-state index contributed by atoms with van der Waals surface area (Å²) in [5.74, 6) is -1.22. The number of aromatic carboxylic acids is 1. The summed E-state index contributed by atoms with van der Waals surface area (Å²) in [4.78, 5) is 24.6. The first kappa shape index (κ1) is 14.6. The lowest BCUT2D eigenvalue weighted by molar-refractivity contribution is 0.0388. The number of carbonyl (C=O) groups is 2. The van der Waals surface area contributed by atoms with Gasteiger partial charge >= 0.3 is 12.0 Å². The highest BCUT2D eigenvalue weighted by molar-refractivity contribution is 7.10. The van der Waals surface area contributed by atoms with Crippen LogP contribution in [0.15, 0.2) is 0 Å². The molecule has 0 radical (unpaired) electrons. The molecular weight excluding hydrogens is 286 g/mol. The average Bonchev–Trinajstić information content (AvgIpc) is 2.88. The van der Waals surface area contributed by atoms with Crippen LogP contribution in [0.4, 0.5) is 9.80 Å². The molecule has 9 nitrogen and oxygen atoms in total. The molecule has 0 spiro atoms. The Bertz CT molecular complexity index is 474. The van der Waals surface area contributed by atoms with E-state index in [4.69, 9.17) is 9.84 Å². The number of morpholine rings is 1. The molecule has 0 saturated carbocycles. The molecule has 1 aromatic rings. The minimum atomic E-state index is -1.22. The van der Waals surface area contributed by atoms with Crippen LogP contribution < -0.4 is 10.6 Å². The summed E-state index contributed by atoms with van der Waals surface area (Å²) >= 11 is 0.827. The summed E-state index contributed by atoms with van der Waals surface area (Å²) in [5.41, 5.74) is -0.252. The first-order chi connectivity index (χ1) is 9.66. The topological polar surface area (TPSA) is 117 Å². The third-order valence-corrected chi connectivity index (χ3v) is 3.38. The first-order valence-electron chi connectivity index (χ1n) is 6.07. The van der Waals surface area contributed by atoms with E-state index in [2.05, 4.69) is 25.1 Å². The second-order valence-corrected chi connectivity index (χ2v) is 4.84. The fraction of sp³-hybridized carbons (Fsp3) is 0.600. The standard InChI is InChI=1S/C10H15N5O4S/c16-9(17)7-8(20-14-13-7)12-10(18)11-1-2-15-3-5-19-6-4-15/h1-6H2,(H,16,17)(H2,11,12,18). The van der Waals surface area contributed by atoms with E-state index in [1.54, 1.807) is 0 Å². The Morgan fingerprint density at radius 3 is 2.85 bits per heavy atom. The Labute approximate surface area is 119 Å². The van der Waals surface area contributed by atoms with Gasteiger partial charge in [-0.05, 0) is 0 Å². The van der Waals surface area contributed by atoms with Crippen molar-refractivity contribution >= 4 is 28.5 Å². The van der Waals surface area contributed by atoms with Crippen LogP contribution >= 0.6 is 11.5 Å². The Kier molecular flexibility index (Phi) is 5.21. The number of anilines is 1. The van der Waals surface area contributed by atoms with Crippen molar-refractivity contribution in [3.05, 3.63) is 5.69 Å². The lowest BCUT2D eigenvalue weighted by Crippen LogP contribution is -2.42. The molecule has 1 saturated heterocycles. The fourth-order valence-electron chi connectivity index (χ4n) is 1.71. The Hall–Kier alpha value is -1.78. The quantitative estimate of drug-likeness (QED) is 0.683. The van der Waals surface area contributed by atoms with Crippen LogP contribution in [0.3, 0.4) is 0 Å². The number of urea groups is 1. The molecule has 1 aliphatic heterocycles. The molecule has 0 aromatic carbocycles. The van der Waals surface area contributed by atoms with Crippen molar-refractivity contribution < 1.29 is 19.4 Å². The van der Waals surface area contributed by atoms with Gasteiger partial charge in [-0.1, -0.05) is 4.49 Å². The SMILES string of the molecule is O=C(NCCN1CCOCC1)Nc1snnc1C(=O)O. The third kappa shape index (κ3) is 4.11. The monoisotopic (exact) mass is 301 g/mol. The molecular formula is C10H15N5O4S. The normalized spacial score (nSPS) is 15.8. The van der Waals surface area contributed by atoms with Crippen molar-refractivity contribution in [1.82, 2.24) is 19.8 Å². The van der Waals surface area contributed by atoms with Crippen LogP contribution in [-0.2, 0) is 4.74 Å². The van der Waals surface area contributed by atoms with Crippen molar-refractivity contribution in [2.24, 2.45) is 0 Å². The Morgan fingerprint density at radius 1 is 1.40 bits per heavy atom. The molecule has 1 aliphatic rings. The van der Waals surface area contributed by atoms with Gasteiger partial charge in [0.15, 0.2) is 5.00 Å². The molecule has 3 N–H and O–H groups in total. The van der Waals surface area contributed by atoms with Gasteiger partial charge in [-0.15, -0.1) is 5.10 Å². The van der Waals surface area contributed by atoms with Gasteiger partial charge in [-0.25, -0.2) is 9.59 Å². The number of carboxylic acids is 1. The predicted molar refractivity (Wildman–Crippen MR) is 71.1 cm³/mol. The van der Waals surface area contributed by atoms with Crippen LogP contribution in [0.2, 0.25) is 0 Å². The number of ether oxygens (including phenoxy) is 1. The second kappa shape index (κ2) is 7.12. The molecule has 2 heterocycles. The van der Waals surface area contributed by atoms with E-state index >= 15 is 0 Å². The number of carboxylic acid groups (broad SMARTS) is 1. The van der Waals surface area contributed by atoms with E-state index in [1.165, 1.54) is 0 Å². The summed E-state index contributed by atoms with van der Waals surface area (Å²) < 4.78 is 8.72. The van der Waals surface area contributed by atoms with Crippen LogP contribution in [0.25, 0.3) is 0 Å². The highest BCUT2D eigenvalue weighted by atomic mass is 32.1. The summed E-state index contributed by atoms with van der Waals surface area (Å²) in [7, 11) is 0. The van der Waals surface area contributed by atoms with Gasteiger partial charge in [0, 0.05) is 37.7 Å². The third-order valence-electron chi connectivity index (χ3n) is 2.73. The largest absolute Gasteiger partial charge is 0.476 e. The zero-order chi connectivity index (χ0) is 14.4. The van der Waals surface area contributed by atoms with Crippen LogP contribution in [-0.4, -0.2) is 71.0 Å². The lowest BCUT2D eigenvalue weighted by Gasteiger charge is -2.26. The van der Waals surface area contributed by atoms with Gasteiger partial charge in [-0.2, -0.15) is 0 Å². The molecule has 0 unspecified atom stereocenters. The summed E-state index contributed by atoms with van der Waals surface area (Å²) in [6, 6.07) is -0.466. The Balaban J connectivity index is 1.72. The number of nitrogens with zero attached hydrogens (tertiary/aromatic N) is 3. The van der Waals surface area contributed by atoms with E-state index in [-0.39, 0.29) is 10.7 Å². The summed E-state index contributed by atoms with van der Waals surface area (Å²) in [6.07, 6.45) is 0. The predicted octanol–water partition coefficient (Wildman–Crippen LogP) is -0.310. The zero-order valence-electron chi connectivity index (χ0n) is 10.7. The van der Waals surface area contributed by atoms with E-state index in [0.717, 1.165) is 31.2 Å². The summed E-state index contributed by atoms with van der Waals surface area (Å²) in [6.45, 7) is 4.32. The van der Waals surface area contributed by atoms with Crippen molar-refractivity contribution in [2.45, 2.75) is 0 Å². The Morgan fingerprint density at radius 2 is 2.15 bits per heavy atom. The van der Waals surface area contributed by atoms with Crippen molar-refractivity contribution in [3.63, 3.8) is 0 Å². The molecule has 110 valence electrons. The maximum atomic E-state index is 11.6. The molecule has 0 bridgehead atoms. The van der Waals surface area contributed by atoms with E-state index < -0.39 is 12.0 Å². The van der Waals surface area contributed by atoms with Crippen molar-refractivity contribution in [3.8, 4) is 0 Å². The van der Waals surface area contributed by atoms with Crippen LogP contribution in [0.1, 0.15) is 10.5 Å². The highest BCUT2D eigenvalue weighted by Crippen LogP contribution is 2.16. The number of aromatic nitrogens is 2. The maximum absolute atomic E-state index is 11.6. The van der Waals surface area contributed by atoms with E-state index in [9.17, 15) is 9.59 Å². The van der Waals surface area contributed by atoms with Gasteiger partial charge in [-0.3, -0.25) is 10.2 Å². The number of hydrogen-bond acceptors (Lipinski definition) is 7. The van der Waals surface area contributed by atoms with Gasteiger partial charge in [0.2, 0.25) is 5.69 Å². The van der Waals surface area contributed by atoms with Crippen molar-refractivity contribution in [2.75, 3.05) is 44.7 Å². The highest BCUT2D eigenvalue weighted by Gasteiger charge is 2.17. The number of hydrogen-bond donors (Lipinski definition) is 3. The average molecular weight is 301 g/mol. The maximum Gasteiger partial charge on any atom is 0.359 e.